The fourth-order valence-electron chi connectivity index (χ4n) is 2.13. The van der Waals surface area contributed by atoms with E-state index in [1.165, 1.54) is 0 Å². The zero-order valence-corrected chi connectivity index (χ0v) is 13.0. The average molecular weight is 284 g/mol. The third kappa shape index (κ3) is 5.12. The highest BCUT2D eigenvalue weighted by molar-refractivity contribution is 6.04. The van der Waals surface area contributed by atoms with Gasteiger partial charge in [0.1, 0.15) is 5.41 Å². The second kappa shape index (κ2) is 8.25. The predicted octanol–water partition coefficient (Wildman–Crippen LogP) is 1.61. The monoisotopic (exact) mass is 284 g/mol. The van der Waals surface area contributed by atoms with E-state index in [2.05, 4.69) is 17.6 Å². The lowest BCUT2D eigenvalue weighted by Gasteiger charge is -2.23. The van der Waals surface area contributed by atoms with Crippen LogP contribution in [0.4, 0.5) is 0 Å². The van der Waals surface area contributed by atoms with Gasteiger partial charge < -0.3 is 15.4 Å². The summed E-state index contributed by atoms with van der Waals surface area (Å²) in [7, 11) is 0. The molecular weight excluding hydrogens is 256 g/mol. The van der Waals surface area contributed by atoms with Crippen LogP contribution >= 0.6 is 0 Å². The second-order valence-corrected chi connectivity index (χ2v) is 5.93. The van der Waals surface area contributed by atoms with Crippen molar-refractivity contribution in [2.24, 2.45) is 5.41 Å². The van der Waals surface area contributed by atoms with Crippen molar-refractivity contribution in [1.29, 1.82) is 0 Å². The van der Waals surface area contributed by atoms with Crippen LogP contribution in [-0.2, 0) is 14.3 Å². The highest BCUT2D eigenvalue weighted by atomic mass is 16.5. The van der Waals surface area contributed by atoms with Crippen LogP contribution in [0.5, 0.6) is 0 Å². The van der Waals surface area contributed by atoms with Crippen LogP contribution in [0.15, 0.2) is 0 Å². The SMILES string of the molecule is CCCCCNC(=O)C(C)(C)C(=O)NCC1CCCO1. The van der Waals surface area contributed by atoms with Gasteiger partial charge in [0.05, 0.1) is 6.10 Å². The smallest absolute Gasteiger partial charge is 0.235 e. The Bertz CT molecular complexity index is 323. The molecule has 0 aliphatic carbocycles. The number of ether oxygens (including phenoxy) is 1. The van der Waals surface area contributed by atoms with Gasteiger partial charge in [-0.05, 0) is 33.1 Å². The molecule has 20 heavy (non-hydrogen) atoms. The topological polar surface area (TPSA) is 67.4 Å². The molecule has 0 bridgehead atoms. The Labute approximate surface area is 121 Å². The molecule has 1 aliphatic heterocycles. The Balaban J connectivity index is 2.32. The second-order valence-electron chi connectivity index (χ2n) is 5.93. The summed E-state index contributed by atoms with van der Waals surface area (Å²) >= 11 is 0. The summed E-state index contributed by atoms with van der Waals surface area (Å²) < 4.78 is 5.45. The number of nitrogens with one attached hydrogen (secondary N) is 2. The van der Waals surface area contributed by atoms with Crippen LogP contribution in [-0.4, -0.2) is 37.6 Å². The lowest BCUT2D eigenvalue weighted by molar-refractivity contribution is -0.141. The molecule has 1 fully saturated rings. The maximum atomic E-state index is 12.1. The van der Waals surface area contributed by atoms with Crippen molar-refractivity contribution >= 4 is 11.8 Å². The van der Waals surface area contributed by atoms with Gasteiger partial charge in [0.2, 0.25) is 11.8 Å². The number of unbranched alkanes of at least 4 members (excludes halogenated alkanes) is 2. The van der Waals surface area contributed by atoms with E-state index in [1.807, 2.05) is 0 Å². The molecule has 1 atom stereocenters. The third-order valence-electron chi connectivity index (χ3n) is 3.72. The molecule has 5 heteroatoms. The molecule has 2 N–H and O–H groups in total. The number of rotatable bonds is 8. The highest BCUT2D eigenvalue weighted by Gasteiger charge is 2.36. The number of hydrogen-bond donors (Lipinski definition) is 2. The predicted molar refractivity (Wildman–Crippen MR) is 78.3 cm³/mol. The number of amides is 2. The Hall–Kier alpha value is -1.10. The van der Waals surface area contributed by atoms with Crippen molar-refractivity contribution in [3.8, 4) is 0 Å². The summed E-state index contributed by atoms with van der Waals surface area (Å²) in [6.07, 6.45) is 5.27. The first-order chi connectivity index (χ1) is 9.48. The van der Waals surface area contributed by atoms with Gasteiger partial charge in [0.15, 0.2) is 0 Å². The van der Waals surface area contributed by atoms with Gasteiger partial charge in [0.25, 0.3) is 0 Å². The van der Waals surface area contributed by atoms with Crippen LogP contribution < -0.4 is 10.6 Å². The van der Waals surface area contributed by atoms with Gasteiger partial charge in [-0.25, -0.2) is 0 Å². The Morgan fingerprint density at radius 1 is 1.20 bits per heavy atom. The van der Waals surface area contributed by atoms with Gasteiger partial charge in [-0.2, -0.15) is 0 Å². The molecule has 2 amide bonds. The summed E-state index contributed by atoms with van der Waals surface area (Å²) in [5.41, 5.74) is -1.04. The molecule has 1 aliphatic rings. The van der Waals surface area contributed by atoms with E-state index in [1.54, 1.807) is 13.8 Å². The zero-order chi connectivity index (χ0) is 15.0. The minimum absolute atomic E-state index is 0.0994. The molecule has 5 nitrogen and oxygen atoms in total. The van der Waals surface area contributed by atoms with E-state index in [-0.39, 0.29) is 17.9 Å². The first kappa shape index (κ1) is 17.0. The summed E-state index contributed by atoms with van der Waals surface area (Å²) in [6, 6.07) is 0. The fraction of sp³-hybridized carbons (Fsp3) is 0.867. The van der Waals surface area contributed by atoms with E-state index in [0.717, 1.165) is 38.7 Å². The number of carbonyl (C=O) groups excluding carboxylic acids is 2. The van der Waals surface area contributed by atoms with Crippen molar-refractivity contribution in [2.45, 2.75) is 59.0 Å². The lowest BCUT2D eigenvalue weighted by atomic mass is 9.91. The Morgan fingerprint density at radius 2 is 1.90 bits per heavy atom. The minimum atomic E-state index is -1.04. The van der Waals surface area contributed by atoms with Crippen molar-refractivity contribution < 1.29 is 14.3 Å². The summed E-state index contributed by atoms with van der Waals surface area (Å²) in [6.45, 7) is 7.33. The van der Waals surface area contributed by atoms with Gasteiger partial charge in [0, 0.05) is 19.7 Å². The Morgan fingerprint density at radius 3 is 2.50 bits per heavy atom. The first-order valence-electron chi connectivity index (χ1n) is 7.66. The molecule has 0 aromatic rings. The molecule has 0 aromatic carbocycles. The average Bonchev–Trinajstić information content (AvgIpc) is 2.93. The van der Waals surface area contributed by atoms with E-state index >= 15 is 0 Å². The van der Waals surface area contributed by atoms with E-state index in [4.69, 9.17) is 4.74 Å². The largest absolute Gasteiger partial charge is 0.376 e. The minimum Gasteiger partial charge on any atom is -0.376 e. The maximum absolute atomic E-state index is 12.1. The van der Waals surface area contributed by atoms with Gasteiger partial charge >= 0.3 is 0 Å². The molecule has 1 rings (SSSR count). The number of hydrogen-bond acceptors (Lipinski definition) is 3. The van der Waals surface area contributed by atoms with E-state index in [0.29, 0.717) is 13.1 Å². The van der Waals surface area contributed by atoms with E-state index < -0.39 is 5.41 Å². The Kier molecular flexibility index (Phi) is 6.99. The van der Waals surface area contributed by atoms with Crippen molar-refractivity contribution in [1.82, 2.24) is 10.6 Å². The molecule has 1 heterocycles. The molecule has 1 unspecified atom stereocenters. The van der Waals surface area contributed by atoms with Crippen LogP contribution in [0.2, 0.25) is 0 Å². The normalized spacial score (nSPS) is 18.9. The van der Waals surface area contributed by atoms with Crippen LogP contribution in [0.3, 0.4) is 0 Å². The molecular formula is C15H28N2O3. The van der Waals surface area contributed by atoms with Crippen molar-refractivity contribution in [3.05, 3.63) is 0 Å². The molecule has 0 radical (unpaired) electrons. The lowest BCUT2D eigenvalue weighted by Crippen LogP contribution is -2.49. The molecule has 0 spiro atoms. The molecule has 0 aromatic heterocycles. The molecule has 1 saturated heterocycles. The first-order valence-corrected chi connectivity index (χ1v) is 7.66. The fourth-order valence-corrected chi connectivity index (χ4v) is 2.13. The van der Waals surface area contributed by atoms with E-state index in [9.17, 15) is 9.59 Å². The molecule has 116 valence electrons. The molecule has 0 saturated carbocycles. The van der Waals surface area contributed by atoms with Crippen LogP contribution in [0.25, 0.3) is 0 Å². The van der Waals surface area contributed by atoms with Crippen LogP contribution in [0, 0.1) is 5.41 Å². The summed E-state index contributed by atoms with van der Waals surface area (Å²) in [4.78, 5) is 24.2. The zero-order valence-electron chi connectivity index (χ0n) is 13.0. The third-order valence-corrected chi connectivity index (χ3v) is 3.72. The quantitative estimate of drug-likeness (QED) is 0.526. The van der Waals surface area contributed by atoms with Gasteiger partial charge in [-0.15, -0.1) is 0 Å². The van der Waals surface area contributed by atoms with Crippen molar-refractivity contribution in [3.63, 3.8) is 0 Å². The highest BCUT2D eigenvalue weighted by Crippen LogP contribution is 2.16. The van der Waals surface area contributed by atoms with Crippen LogP contribution in [0.1, 0.15) is 52.9 Å². The summed E-state index contributed by atoms with van der Waals surface area (Å²) in [5.74, 6) is -0.445. The number of carbonyl (C=O) groups is 2. The van der Waals surface area contributed by atoms with Gasteiger partial charge in [-0.1, -0.05) is 19.8 Å². The summed E-state index contributed by atoms with van der Waals surface area (Å²) in [5, 5.41) is 5.66. The standard InChI is InChI=1S/C15H28N2O3/c1-4-5-6-9-16-13(18)15(2,3)14(19)17-11-12-8-7-10-20-12/h12H,4-11H2,1-3H3,(H,16,18)(H,17,19). The van der Waals surface area contributed by atoms with Gasteiger partial charge in [-0.3, -0.25) is 9.59 Å². The maximum Gasteiger partial charge on any atom is 0.235 e. The van der Waals surface area contributed by atoms with Crippen molar-refractivity contribution in [2.75, 3.05) is 19.7 Å².